The number of aryl methyl sites for hydroxylation is 2. The minimum absolute atomic E-state index is 0.292. The van der Waals surface area contributed by atoms with E-state index in [0.717, 1.165) is 17.0 Å². The third-order valence-electron chi connectivity index (χ3n) is 3.32. The first-order chi connectivity index (χ1) is 10.0. The summed E-state index contributed by atoms with van der Waals surface area (Å²) in [5.41, 5.74) is 2.67. The van der Waals surface area contributed by atoms with Gasteiger partial charge in [-0.05, 0) is 19.1 Å². The summed E-state index contributed by atoms with van der Waals surface area (Å²) in [6.45, 7) is 2.30. The predicted octanol–water partition coefficient (Wildman–Crippen LogP) is 0.600. The molecule has 1 amide bonds. The second-order valence-corrected chi connectivity index (χ2v) is 4.87. The molecule has 0 atom stereocenters. The monoisotopic (exact) mass is 285 g/mol. The minimum atomic E-state index is -0.315. The number of nitrogens with one attached hydrogen (secondary N) is 2. The summed E-state index contributed by atoms with van der Waals surface area (Å²) in [7, 11) is 1.62. The fourth-order valence-corrected chi connectivity index (χ4v) is 2.24. The Morgan fingerprint density at radius 2 is 2.24 bits per heavy atom. The van der Waals surface area contributed by atoms with Gasteiger partial charge in [-0.25, -0.2) is 4.98 Å². The van der Waals surface area contributed by atoms with Crippen molar-refractivity contribution in [3.8, 4) is 0 Å². The van der Waals surface area contributed by atoms with Crippen molar-refractivity contribution in [2.24, 2.45) is 7.05 Å². The number of carbonyl (C=O) groups excluding carboxylic acids is 1. The molecule has 7 nitrogen and oxygen atoms in total. The maximum absolute atomic E-state index is 12.0. The molecule has 0 saturated heterocycles. The van der Waals surface area contributed by atoms with Crippen LogP contribution in [0.2, 0.25) is 0 Å². The molecule has 3 aromatic rings. The van der Waals surface area contributed by atoms with Crippen LogP contribution in [-0.2, 0) is 13.6 Å². The molecule has 0 saturated carbocycles. The number of nitrogens with zero attached hydrogens (tertiary/aromatic N) is 3. The Kier molecular flexibility index (Phi) is 3.09. The number of fused-ring (bicyclic) bond motifs is 1. The van der Waals surface area contributed by atoms with E-state index in [4.69, 9.17) is 0 Å². The van der Waals surface area contributed by atoms with Crippen molar-refractivity contribution in [1.82, 2.24) is 24.5 Å². The van der Waals surface area contributed by atoms with Gasteiger partial charge in [0.25, 0.3) is 11.5 Å². The number of carbonyl (C=O) groups is 1. The molecule has 0 bridgehead atoms. The van der Waals surface area contributed by atoms with Gasteiger partial charge in [-0.3, -0.25) is 19.4 Å². The predicted molar refractivity (Wildman–Crippen MR) is 77.1 cm³/mol. The molecule has 7 heteroatoms. The van der Waals surface area contributed by atoms with Gasteiger partial charge in [0, 0.05) is 25.0 Å². The molecule has 0 radical (unpaired) electrons. The second kappa shape index (κ2) is 4.93. The quantitative estimate of drug-likeness (QED) is 0.739. The second-order valence-electron chi connectivity index (χ2n) is 4.87. The van der Waals surface area contributed by atoms with Gasteiger partial charge in [0.2, 0.25) is 0 Å². The molecule has 3 rings (SSSR count). The molecule has 2 N–H and O–H groups in total. The molecule has 3 aromatic heterocycles. The summed E-state index contributed by atoms with van der Waals surface area (Å²) in [5.74, 6) is -0.315. The van der Waals surface area contributed by atoms with E-state index in [1.165, 1.54) is 10.7 Å². The van der Waals surface area contributed by atoms with E-state index in [9.17, 15) is 9.59 Å². The molecule has 0 aliphatic carbocycles. The highest BCUT2D eigenvalue weighted by Crippen LogP contribution is 2.08. The SMILES string of the molecule is Cc1cccc2nc(CNC(=O)c3cc(=O)[nH]n3C)cn12. The van der Waals surface area contributed by atoms with Crippen molar-refractivity contribution in [2.75, 3.05) is 0 Å². The van der Waals surface area contributed by atoms with Crippen molar-refractivity contribution >= 4 is 11.6 Å². The van der Waals surface area contributed by atoms with Gasteiger partial charge < -0.3 is 9.72 Å². The van der Waals surface area contributed by atoms with E-state index in [0.29, 0.717) is 12.2 Å². The van der Waals surface area contributed by atoms with Gasteiger partial charge >= 0.3 is 0 Å². The summed E-state index contributed by atoms with van der Waals surface area (Å²) >= 11 is 0. The van der Waals surface area contributed by atoms with E-state index in [1.54, 1.807) is 7.05 Å². The highest BCUT2D eigenvalue weighted by Gasteiger charge is 2.11. The number of H-pyrrole nitrogens is 1. The summed E-state index contributed by atoms with van der Waals surface area (Å²) in [6.07, 6.45) is 1.89. The van der Waals surface area contributed by atoms with Gasteiger partial charge in [-0.15, -0.1) is 0 Å². The van der Waals surface area contributed by atoms with E-state index < -0.39 is 0 Å². The first kappa shape index (κ1) is 13.2. The van der Waals surface area contributed by atoms with Gasteiger partial charge in [-0.1, -0.05) is 6.07 Å². The molecule has 0 aliphatic heterocycles. The highest BCUT2D eigenvalue weighted by atomic mass is 16.2. The fraction of sp³-hybridized carbons (Fsp3) is 0.214. The zero-order chi connectivity index (χ0) is 15.0. The highest BCUT2D eigenvalue weighted by molar-refractivity contribution is 5.92. The number of aromatic nitrogens is 4. The van der Waals surface area contributed by atoms with Crippen molar-refractivity contribution in [3.63, 3.8) is 0 Å². The van der Waals surface area contributed by atoms with E-state index in [2.05, 4.69) is 15.4 Å². The van der Waals surface area contributed by atoms with Gasteiger partial charge in [0.15, 0.2) is 0 Å². The summed E-state index contributed by atoms with van der Waals surface area (Å²) in [4.78, 5) is 27.6. The molecule has 0 aliphatic rings. The van der Waals surface area contributed by atoms with Crippen molar-refractivity contribution in [1.29, 1.82) is 0 Å². The number of hydrogen-bond acceptors (Lipinski definition) is 3. The summed E-state index contributed by atoms with van der Waals surface area (Å²) in [6, 6.07) is 7.11. The molecule has 0 spiro atoms. The zero-order valence-electron chi connectivity index (χ0n) is 11.8. The molecule has 3 heterocycles. The molecule has 0 unspecified atom stereocenters. The van der Waals surface area contributed by atoms with Crippen LogP contribution in [0.15, 0.2) is 35.3 Å². The lowest BCUT2D eigenvalue weighted by molar-refractivity contribution is 0.0941. The van der Waals surface area contributed by atoms with Crippen LogP contribution in [0.5, 0.6) is 0 Å². The number of amides is 1. The Hall–Kier alpha value is -2.83. The normalized spacial score (nSPS) is 11.0. The Morgan fingerprint density at radius 3 is 2.90 bits per heavy atom. The van der Waals surface area contributed by atoms with Crippen molar-refractivity contribution < 1.29 is 4.79 Å². The van der Waals surface area contributed by atoms with E-state index >= 15 is 0 Å². The summed E-state index contributed by atoms with van der Waals surface area (Å²) < 4.78 is 3.36. The van der Waals surface area contributed by atoms with Crippen LogP contribution in [-0.4, -0.2) is 25.1 Å². The van der Waals surface area contributed by atoms with Crippen LogP contribution in [0.3, 0.4) is 0 Å². The first-order valence-electron chi connectivity index (χ1n) is 6.52. The minimum Gasteiger partial charge on any atom is -0.345 e. The lowest BCUT2D eigenvalue weighted by atomic mass is 10.3. The van der Waals surface area contributed by atoms with Crippen LogP contribution < -0.4 is 10.9 Å². The van der Waals surface area contributed by atoms with Gasteiger partial charge in [0.05, 0.1) is 12.2 Å². The molecule has 0 fully saturated rings. The Balaban J connectivity index is 1.77. The third kappa shape index (κ3) is 2.45. The average Bonchev–Trinajstić information content (AvgIpc) is 3.00. The lowest BCUT2D eigenvalue weighted by Gasteiger charge is -2.03. The standard InChI is InChI=1S/C14H15N5O2/c1-9-4-3-5-12-16-10(8-19(9)12)7-15-14(21)11-6-13(20)17-18(11)2/h3-6,8H,7H2,1-2H3,(H,15,21)(H,17,20). The Morgan fingerprint density at radius 1 is 1.43 bits per heavy atom. The molecule has 0 aromatic carbocycles. The molecular weight excluding hydrogens is 270 g/mol. The number of hydrogen-bond donors (Lipinski definition) is 2. The van der Waals surface area contributed by atoms with Crippen LogP contribution in [0.25, 0.3) is 5.65 Å². The maximum atomic E-state index is 12.0. The molecule has 21 heavy (non-hydrogen) atoms. The topological polar surface area (TPSA) is 84.2 Å². The largest absolute Gasteiger partial charge is 0.345 e. The fourth-order valence-electron chi connectivity index (χ4n) is 2.24. The number of pyridine rings is 1. The van der Waals surface area contributed by atoms with Crippen LogP contribution in [0.4, 0.5) is 0 Å². The number of rotatable bonds is 3. The van der Waals surface area contributed by atoms with Gasteiger partial charge in [0.1, 0.15) is 11.3 Å². The van der Waals surface area contributed by atoms with E-state index in [1.807, 2.05) is 35.7 Å². The zero-order valence-corrected chi connectivity index (χ0v) is 11.8. The first-order valence-corrected chi connectivity index (χ1v) is 6.52. The van der Waals surface area contributed by atoms with Crippen LogP contribution in [0.1, 0.15) is 21.9 Å². The Bertz CT molecular complexity index is 871. The smallest absolute Gasteiger partial charge is 0.269 e. The Labute approximate surface area is 120 Å². The maximum Gasteiger partial charge on any atom is 0.269 e. The van der Waals surface area contributed by atoms with Gasteiger partial charge in [-0.2, -0.15) is 0 Å². The molecular formula is C14H15N5O2. The average molecular weight is 285 g/mol. The van der Waals surface area contributed by atoms with Crippen LogP contribution >= 0.6 is 0 Å². The third-order valence-corrected chi connectivity index (χ3v) is 3.32. The van der Waals surface area contributed by atoms with Crippen LogP contribution in [0, 0.1) is 6.92 Å². The summed E-state index contributed by atoms with van der Waals surface area (Å²) in [5, 5.41) is 5.25. The van der Waals surface area contributed by atoms with Crippen molar-refractivity contribution in [3.05, 3.63) is 57.9 Å². The molecule has 108 valence electrons. The van der Waals surface area contributed by atoms with E-state index in [-0.39, 0.29) is 11.5 Å². The van der Waals surface area contributed by atoms with Crippen molar-refractivity contribution in [2.45, 2.75) is 13.5 Å². The number of aromatic amines is 1. The number of imidazole rings is 1. The lowest BCUT2D eigenvalue weighted by Crippen LogP contribution is -2.25.